The summed E-state index contributed by atoms with van der Waals surface area (Å²) in [5, 5.41) is 3.52. The number of nitrogens with zero attached hydrogens (tertiary/aromatic N) is 1. The van der Waals surface area contributed by atoms with Gasteiger partial charge in [-0.3, -0.25) is 0 Å². The van der Waals surface area contributed by atoms with Gasteiger partial charge in [0.25, 0.3) is 0 Å². The van der Waals surface area contributed by atoms with Crippen molar-refractivity contribution in [3.05, 3.63) is 0 Å². The number of hydrogen-bond acceptors (Lipinski definition) is 3. The lowest BCUT2D eigenvalue weighted by Gasteiger charge is -2.28. The Bertz CT molecular complexity index is 325. The molecule has 0 radical (unpaired) electrons. The predicted octanol–water partition coefficient (Wildman–Crippen LogP) is 2.63. The molecule has 0 aromatic carbocycles. The highest BCUT2D eigenvalue weighted by molar-refractivity contribution is 5.69. The molecule has 1 saturated heterocycles. The standard InChI is InChI=1S/C15H28N2O2/c1-11-8-12(11)9-16-10-13-6-5-7-17(13)14(18)19-15(2,3)4/h11-13,16H,5-10H2,1-4H3. The lowest BCUT2D eigenvalue weighted by atomic mass is 10.2. The fraction of sp³-hybridized carbons (Fsp3) is 0.933. The summed E-state index contributed by atoms with van der Waals surface area (Å²) in [6.07, 6.45) is 3.38. The maximum absolute atomic E-state index is 12.1. The molecule has 0 spiro atoms. The van der Waals surface area contributed by atoms with E-state index in [-0.39, 0.29) is 6.09 Å². The second-order valence-electron chi connectivity index (χ2n) is 7.10. The summed E-state index contributed by atoms with van der Waals surface area (Å²) in [6.45, 7) is 10.9. The molecule has 1 aliphatic carbocycles. The van der Waals surface area contributed by atoms with Crippen LogP contribution in [-0.4, -0.2) is 42.3 Å². The molecule has 1 amide bonds. The number of likely N-dealkylation sites (tertiary alicyclic amines) is 1. The van der Waals surface area contributed by atoms with E-state index in [0.717, 1.165) is 44.3 Å². The van der Waals surface area contributed by atoms with Crippen molar-refractivity contribution in [2.45, 2.75) is 58.6 Å². The Morgan fingerprint density at radius 2 is 2.05 bits per heavy atom. The third-order valence-corrected chi connectivity index (χ3v) is 4.07. The van der Waals surface area contributed by atoms with E-state index in [0.29, 0.717) is 6.04 Å². The lowest BCUT2D eigenvalue weighted by molar-refractivity contribution is 0.0226. The minimum absolute atomic E-state index is 0.156. The van der Waals surface area contributed by atoms with Crippen LogP contribution in [0.2, 0.25) is 0 Å². The van der Waals surface area contributed by atoms with Gasteiger partial charge < -0.3 is 15.0 Å². The fourth-order valence-corrected chi connectivity index (χ4v) is 2.73. The Balaban J connectivity index is 1.74. The fourth-order valence-electron chi connectivity index (χ4n) is 2.73. The normalized spacial score (nSPS) is 30.5. The van der Waals surface area contributed by atoms with E-state index in [4.69, 9.17) is 4.74 Å². The van der Waals surface area contributed by atoms with Gasteiger partial charge in [0.1, 0.15) is 5.60 Å². The van der Waals surface area contributed by atoms with Crippen LogP contribution in [0.3, 0.4) is 0 Å². The first-order chi connectivity index (χ1) is 8.87. The Labute approximate surface area is 116 Å². The Hall–Kier alpha value is -0.770. The molecule has 1 N–H and O–H groups in total. The monoisotopic (exact) mass is 268 g/mol. The zero-order chi connectivity index (χ0) is 14.0. The Kier molecular flexibility index (Phi) is 4.39. The molecule has 1 heterocycles. The van der Waals surface area contributed by atoms with Crippen LogP contribution in [0.5, 0.6) is 0 Å². The van der Waals surface area contributed by atoms with Crippen molar-refractivity contribution in [2.24, 2.45) is 11.8 Å². The highest BCUT2D eigenvalue weighted by Crippen LogP contribution is 2.36. The maximum atomic E-state index is 12.1. The zero-order valence-corrected chi connectivity index (χ0v) is 12.7. The quantitative estimate of drug-likeness (QED) is 0.852. The molecule has 1 saturated carbocycles. The summed E-state index contributed by atoms with van der Waals surface area (Å²) in [6, 6.07) is 0.309. The molecule has 2 fully saturated rings. The average Bonchev–Trinajstić information content (AvgIpc) is 2.79. The van der Waals surface area contributed by atoms with Crippen LogP contribution in [0, 0.1) is 11.8 Å². The van der Waals surface area contributed by atoms with Crippen LogP contribution in [0.1, 0.15) is 47.0 Å². The molecule has 1 aliphatic heterocycles. The number of ether oxygens (including phenoxy) is 1. The van der Waals surface area contributed by atoms with Crippen molar-refractivity contribution >= 4 is 6.09 Å². The molecular formula is C15H28N2O2. The van der Waals surface area contributed by atoms with E-state index in [1.54, 1.807) is 0 Å². The van der Waals surface area contributed by atoms with Gasteiger partial charge in [0.2, 0.25) is 0 Å². The van der Waals surface area contributed by atoms with Crippen molar-refractivity contribution in [3.8, 4) is 0 Å². The van der Waals surface area contributed by atoms with E-state index >= 15 is 0 Å². The van der Waals surface area contributed by atoms with Crippen LogP contribution in [0.4, 0.5) is 4.79 Å². The first kappa shape index (κ1) is 14.6. The molecule has 3 unspecified atom stereocenters. The molecular weight excluding hydrogens is 240 g/mol. The SMILES string of the molecule is CC1CC1CNCC1CCCN1C(=O)OC(C)(C)C. The number of nitrogens with one attached hydrogen (secondary N) is 1. The van der Waals surface area contributed by atoms with Gasteiger partial charge >= 0.3 is 6.09 Å². The van der Waals surface area contributed by atoms with E-state index in [1.165, 1.54) is 6.42 Å². The molecule has 110 valence electrons. The average molecular weight is 268 g/mol. The van der Waals surface area contributed by atoms with Crippen LogP contribution in [-0.2, 0) is 4.74 Å². The highest BCUT2D eigenvalue weighted by atomic mass is 16.6. The number of rotatable bonds is 4. The zero-order valence-electron chi connectivity index (χ0n) is 12.7. The molecule has 4 nitrogen and oxygen atoms in total. The molecule has 0 aromatic rings. The lowest BCUT2D eigenvalue weighted by Crippen LogP contribution is -2.44. The van der Waals surface area contributed by atoms with Gasteiger partial charge in [0.05, 0.1) is 0 Å². The van der Waals surface area contributed by atoms with Gasteiger partial charge in [-0.1, -0.05) is 6.92 Å². The van der Waals surface area contributed by atoms with Gasteiger partial charge in [0, 0.05) is 19.1 Å². The van der Waals surface area contributed by atoms with Gasteiger partial charge in [-0.05, 0) is 58.4 Å². The van der Waals surface area contributed by atoms with Crippen LogP contribution in [0.15, 0.2) is 0 Å². The first-order valence-corrected chi connectivity index (χ1v) is 7.57. The van der Waals surface area contributed by atoms with E-state index < -0.39 is 5.60 Å². The number of amides is 1. The molecule has 3 atom stereocenters. The third kappa shape index (κ3) is 4.37. The number of carbonyl (C=O) groups is 1. The largest absolute Gasteiger partial charge is 0.444 e. The van der Waals surface area contributed by atoms with E-state index in [2.05, 4.69) is 12.2 Å². The molecule has 4 heteroatoms. The Morgan fingerprint density at radius 1 is 1.37 bits per heavy atom. The van der Waals surface area contributed by atoms with Crippen molar-refractivity contribution < 1.29 is 9.53 Å². The van der Waals surface area contributed by atoms with E-state index in [9.17, 15) is 4.79 Å². The van der Waals surface area contributed by atoms with Crippen molar-refractivity contribution in [1.29, 1.82) is 0 Å². The summed E-state index contributed by atoms with van der Waals surface area (Å²) in [7, 11) is 0. The van der Waals surface area contributed by atoms with Crippen LogP contribution in [0.25, 0.3) is 0 Å². The van der Waals surface area contributed by atoms with Crippen molar-refractivity contribution in [1.82, 2.24) is 10.2 Å². The van der Waals surface area contributed by atoms with Crippen LogP contribution >= 0.6 is 0 Å². The molecule has 19 heavy (non-hydrogen) atoms. The number of hydrogen-bond donors (Lipinski definition) is 1. The second-order valence-corrected chi connectivity index (χ2v) is 7.10. The second kappa shape index (κ2) is 5.70. The molecule has 2 rings (SSSR count). The van der Waals surface area contributed by atoms with Crippen LogP contribution < -0.4 is 5.32 Å². The number of carbonyl (C=O) groups excluding carboxylic acids is 1. The van der Waals surface area contributed by atoms with Gasteiger partial charge in [-0.2, -0.15) is 0 Å². The third-order valence-electron chi connectivity index (χ3n) is 4.07. The first-order valence-electron chi connectivity index (χ1n) is 7.57. The Morgan fingerprint density at radius 3 is 2.63 bits per heavy atom. The molecule has 0 aromatic heterocycles. The van der Waals surface area contributed by atoms with E-state index in [1.807, 2.05) is 25.7 Å². The summed E-state index contributed by atoms with van der Waals surface area (Å²) >= 11 is 0. The smallest absolute Gasteiger partial charge is 0.410 e. The molecule has 2 aliphatic rings. The topological polar surface area (TPSA) is 41.6 Å². The summed E-state index contributed by atoms with van der Waals surface area (Å²) in [5.41, 5.74) is -0.402. The maximum Gasteiger partial charge on any atom is 0.410 e. The molecule has 0 bridgehead atoms. The van der Waals surface area contributed by atoms with Crippen molar-refractivity contribution in [3.63, 3.8) is 0 Å². The summed E-state index contributed by atoms with van der Waals surface area (Å²) < 4.78 is 5.47. The summed E-state index contributed by atoms with van der Waals surface area (Å²) in [4.78, 5) is 14.0. The minimum atomic E-state index is -0.402. The highest BCUT2D eigenvalue weighted by Gasteiger charge is 2.34. The summed E-state index contributed by atoms with van der Waals surface area (Å²) in [5.74, 6) is 1.74. The van der Waals surface area contributed by atoms with Gasteiger partial charge in [-0.25, -0.2) is 4.79 Å². The van der Waals surface area contributed by atoms with Gasteiger partial charge in [-0.15, -0.1) is 0 Å². The minimum Gasteiger partial charge on any atom is -0.444 e. The van der Waals surface area contributed by atoms with Gasteiger partial charge in [0.15, 0.2) is 0 Å². The predicted molar refractivity (Wildman–Crippen MR) is 76.1 cm³/mol. The van der Waals surface area contributed by atoms with Crippen molar-refractivity contribution in [2.75, 3.05) is 19.6 Å².